The number of halogens is 1. The van der Waals surface area contributed by atoms with Crippen LogP contribution in [0.1, 0.15) is 21.6 Å². The summed E-state index contributed by atoms with van der Waals surface area (Å²) < 4.78 is 6.49. The van der Waals surface area contributed by atoms with Gasteiger partial charge in [-0.05, 0) is 48.1 Å². The lowest BCUT2D eigenvalue weighted by Gasteiger charge is -2.12. The molecule has 1 N–H and O–H groups in total. The zero-order valence-corrected chi connectivity index (χ0v) is 11.0. The monoisotopic (exact) mass is 285 g/mol. The first-order chi connectivity index (χ1) is 7.22. The van der Waals surface area contributed by atoms with Crippen LogP contribution < -0.4 is 5.32 Å². The standard InChI is InChI=1S/C11H12BrNOS/c1-7-3-4-9(15-7)10(13-2)11-8(12)5-6-14-11/h3-6,10,13H,1-2H3. The summed E-state index contributed by atoms with van der Waals surface area (Å²) in [5, 5.41) is 3.26. The number of furan rings is 1. The Morgan fingerprint density at radius 3 is 2.67 bits per heavy atom. The molecular weight excluding hydrogens is 274 g/mol. The SMILES string of the molecule is CNC(c1ccc(C)s1)c1occc1Br. The largest absolute Gasteiger partial charge is 0.466 e. The van der Waals surface area contributed by atoms with E-state index in [1.54, 1.807) is 17.6 Å². The maximum atomic E-state index is 5.48. The first-order valence-electron chi connectivity index (χ1n) is 4.69. The summed E-state index contributed by atoms with van der Waals surface area (Å²) in [6.45, 7) is 2.11. The van der Waals surface area contributed by atoms with Crippen LogP contribution in [0.3, 0.4) is 0 Å². The van der Waals surface area contributed by atoms with Crippen LogP contribution >= 0.6 is 27.3 Å². The third-order valence-electron chi connectivity index (χ3n) is 2.24. The van der Waals surface area contributed by atoms with Gasteiger partial charge >= 0.3 is 0 Å². The molecule has 0 saturated carbocycles. The molecule has 2 nitrogen and oxygen atoms in total. The van der Waals surface area contributed by atoms with Crippen molar-refractivity contribution in [1.29, 1.82) is 0 Å². The summed E-state index contributed by atoms with van der Waals surface area (Å²) in [7, 11) is 1.94. The molecule has 80 valence electrons. The minimum atomic E-state index is 0.132. The van der Waals surface area contributed by atoms with Crippen LogP contribution in [0.15, 0.2) is 33.4 Å². The number of hydrogen-bond acceptors (Lipinski definition) is 3. The van der Waals surface area contributed by atoms with Gasteiger partial charge in [-0.3, -0.25) is 0 Å². The summed E-state index contributed by atoms with van der Waals surface area (Å²) >= 11 is 5.27. The normalized spacial score (nSPS) is 13.0. The molecule has 0 radical (unpaired) electrons. The fourth-order valence-electron chi connectivity index (χ4n) is 1.52. The molecule has 2 heterocycles. The number of nitrogens with one attached hydrogen (secondary N) is 1. The van der Waals surface area contributed by atoms with E-state index in [0.717, 1.165) is 10.2 Å². The highest BCUT2D eigenvalue weighted by atomic mass is 79.9. The molecule has 4 heteroatoms. The summed E-state index contributed by atoms with van der Waals surface area (Å²) in [5.74, 6) is 0.930. The van der Waals surface area contributed by atoms with Gasteiger partial charge in [0.15, 0.2) is 0 Å². The molecule has 1 atom stereocenters. The Hall–Kier alpha value is -0.580. The van der Waals surface area contributed by atoms with Gasteiger partial charge in [0.25, 0.3) is 0 Å². The van der Waals surface area contributed by atoms with Crippen LogP contribution in [0, 0.1) is 6.92 Å². The molecule has 2 aromatic heterocycles. The Balaban J connectivity index is 2.36. The van der Waals surface area contributed by atoms with Crippen LogP contribution in [0.4, 0.5) is 0 Å². The van der Waals surface area contributed by atoms with Gasteiger partial charge in [0.1, 0.15) is 11.8 Å². The predicted octanol–water partition coefficient (Wildman–Crippen LogP) is 3.72. The van der Waals surface area contributed by atoms with E-state index >= 15 is 0 Å². The molecule has 0 fully saturated rings. The van der Waals surface area contributed by atoms with Crippen molar-refractivity contribution in [2.45, 2.75) is 13.0 Å². The van der Waals surface area contributed by atoms with Crippen molar-refractivity contribution >= 4 is 27.3 Å². The van der Waals surface area contributed by atoms with Crippen LogP contribution in [0.5, 0.6) is 0 Å². The second kappa shape index (κ2) is 4.51. The molecule has 0 aliphatic heterocycles. The number of hydrogen-bond donors (Lipinski definition) is 1. The average Bonchev–Trinajstić information content (AvgIpc) is 2.79. The maximum absolute atomic E-state index is 5.48. The van der Waals surface area contributed by atoms with Gasteiger partial charge in [-0.15, -0.1) is 11.3 Å². The van der Waals surface area contributed by atoms with Crippen molar-refractivity contribution in [3.63, 3.8) is 0 Å². The lowest BCUT2D eigenvalue weighted by molar-refractivity contribution is 0.464. The molecule has 0 saturated heterocycles. The fraction of sp³-hybridized carbons (Fsp3) is 0.273. The molecule has 15 heavy (non-hydrogen) atoms. The summed E-state index contributed by atoms with van der Waals surface area (Å²) in [6.07, 6.45) is 1.70. The number of thiophene rings is 1. The van der Waals surface area contributed by atoms with Crippen LogP contribution in [0.2, 0.25) is 0 Å². The quantitative estimate of drug-likeness (QED) is 0.930. The third kappa shape index (κ3) is 2.17. The van der Waals surface area contributed by atoms with E-state index in [1.807, 2.05) is 13.1 Å². The van der Waals surface area contributed by atoms with E-state index in [1.165, 1.54) is 9.75 Å². The van der Waals surface area contributed by atoms with Crippen molar-refractivity contribution in [1.82, 2.24) is 5.32 Å². The van der Waals surface area contributed by atoms with Gasteiger partial charge in [-0.2, -0.15) is 0 Å². The molecule has 0 aliphatic rings. The lowest BCUT2D eigenvalue weighted by Crippen LogP contribution is -2.16. The first-order valence-corrected chi connectivity index (χ1v) is 6.30. The third-order valence-corrected chi connectivity index (χ3v) is 3.96. The van der Waals surface area contributed by atoms with Crippen molar-refractivity contribution in [3.05, 3.63) is 44.4 Å². The van der Waals surface area contributed by atoms with Gasteiger partial charge in [-0.25, -0.2) is 0 Å². The second-order valence-corrected chi connectivity index (χ2v) is 5.48. The Kier molecular flexibility index (Phi) is 3.29. The van der Waals surface area contributed by atoms with Gasteiger partial charge < -0.3 is 9.73 Å². The van der Waals surface area contributed by atoms with E-state index < -0.39 is 0 Å². The van der Waals surface area contributed by atoms with Gasteiger partial charge in [0.2, 0.25) is 0 Å². The van der Waals surface area contributed by atoms with Crippen LogP contribution in [-0.2, 0) is 0 Å². The molecule has 0 amide bonds. The highest BCUT2D eigenvalue weighted by molar-refractivity contribution is 9.10. The Morgan fingerprint density at radius 1 is 1.40 bits per heavy atom. The second-order valence-electron chi connectivity index (χ2n) is 3.30. The zero-order chi connectivity index (χ0) is 10.8. The minimum absolute atomic E-state index is 0.132. The smallest absolute Gasteiger partial charge is 0.140 e. The molecule has 0 bridgehead atoms. The molecule has 1 unspecified atom stereocenters. The van der Waals surface area contributed by atoms with E-state index in [2.05, 4.69) is 40.3 Å². The van der Waals surface area contributed by atoms with Gasteiger partial charge in [-0.1, -0.05) is 0 Å². The van der Waals surface area contributed by atoms with E-state index in [9.17, 15) is 0 Å². The van der Waals surface area contributed by atoms with E-state index in [4.69, 9.17) is 4.42 Å². The predicted molar refractivity (Wildman–Crippen MR) is 66.4 cm³/mol. The van der Waals surface area contributed by atoms with Crippen molar-refractivity contribution in [2.24, 2.45) is 0 Å². The summed E-state index contributed by atoms with van der Waals surface area (Å²) in [5.41, 5.74) is 0. The summed E-state index contributed by atoms with van der Waals surface area (Å²) in [6, 6.07) is 6.31. The average molecular weight is 286 g/mol. The minimum Gasteiger partial charge on any atom is -0.466 e. The van der Waals surface area contributed by atoms with E-state index in [-0.39, 0.29) is 6.04 Å². The number of rotatable bonds is 3. The maximum Gasteiger partial charge on any atom is 0.140 e. The van der Waals surface area contributed by atoms with Crippen LogP contribution in [-0.4, -0.2) is 7.05 Å². The molecule has 2 aromatic rings. The first kappa shape index (κ1) is 10.9. The lowest BCUT2D eigenvalue weighted by atomic mass is 10.2. The topological polar surface area (TPSA) is 25.2 Å². The fourth-order valence-corrected chi connectivity index (χ4v) is 2.94. The number of aryl methyl sites for hydroxylation is 1. The molecule has 0 aromatic carbocycles. The summed E-state index contributed by atoms with van der Waals surface area (Å²) in [4.78, 5) is 2.58. The molecule has 0 aliphatic carbocycles. The highest BCUT2D eigenvalue weighted by Crippen LogP contribution is 2.32. The highest BCUT2D eigenvalue weighted by Gasteiger charge is 2.19. The molecule has 0 spiro atoms. The van der Waals surface area contributed by atoms with E-state index in [0.29, 0.717) is 0 Å². The Bertz CT molecular complexity index is 449. The Labute approximate surface area is 101 Å². The zero-order valence-electron chi connectivity index (χ0n) is 8.58. The molecule has 2 rings (SSSR count). The van der Waals surface area contributed by atoms with Crippen LogP contribution in [0.25, 0.3) is 0 Å². The molecular formula is C11H12BrNOS. The Morgan fingerprint density at radius 2 is 2.20 bits per heavy atom. The van der Waals surface area contributed by atoms with Gasteiger partial charge in [0, 0.05) is 9.75 Å². The van der Waals surface area contributed by atoms with Crippen molar-refractivity contribution < 1.29 is 4.42 Å². The van der Waals surface area contributed by atoms with Crippen molar-refractivity contribution in [3.8, 4) is 0 Å². The van der Waals surface area contributed by atoms with Crippen molar-refractivity contribution in [2.75, 3.05) is 7.05 Å². The van der Waals surface area contributed by atoms with Gasteiger partial charge in [0.05, 0.1) is 10.7 Å².